The number of nitrogens with one attached hydrogen (secondary N) is 4. The predicted octanol–water partition coefficient (Wildman–Crippen LogP) is 1.40. The fraction of sp³-hybridized carbons (Fsp3) is 0.263. The largest absolute Gasteiger partial charge is 0.414 e. The second kappa shape index (κ2) is 8.41. The average Bonchev–Trinajstić information content (AvgIpc) is 3.41. The number of anilines is 1. The number of carbonyl (C=O) groups excluding carboxylic acids is 1. The molecule has 1 aromatic carbocycles. The number of benzene rings is 1. The van der Waals surface area contributed by atoms with Gasteiger partial charge in [0.1, 0.15) is 0 Å². The van der Waals surface area contributed by atoms with Crippen LogP contribution in [-0.2, 0) is 11.3 Å². The minimum atomic E-state index is -0.275. The molecule has 3 aromatic heterocycles. The maximum atomic E-state index is 12.5. The van der Waals surface area contributed by atoms with E-state index < -0.39 is 0 Å². The molecule has 0 fully saturated rings. The molecule has 4 rings (SSSR count). The molecule has 29 heavy (non-hydrogen) atoms. The molecule has 150 valence electrons. The summed E-state index contributed by atoms with van der Waals surface area (Å²) in [6.07, 6.45) is 0.922. The van der Waals surface area contributed by atoms with E-state index in [1.165, 1.54) is 0 Å². The molecule has 1 amide bonds. The van der Waals surface area contributed by atoms with Crippen LogP contribution in [0.15, 0.2) is 44.9 Å². The number of H-pyrrole nitrogens is 2. The Hall–Kier alpha value is -3.24. The van der Waals surface area contributed by atoms with Crippen molar-refractivity contribution in [2.45, 2.75) is 19.9 Å². The lowest BCUT2D eigenvalue weighted by Gasteiger charge is -2.16. The fourth-order valence-electron chi connectivity index (χ4n) is 3.17. The normalized spacial score (nSPS) is 12.3. The number of carbonyl (C=O) groups is 1. The van der Waals surface area contributed by atoms with Crippen molar-refractivity contribution in [3.63, 3.8) is 0 Å². The van der Waals surface area contributed by atoms with E-state index in [0.717, 1.165) is 22.7 Å². The third kappa shape index (κ3) is 4.61. The van der Waals surface area contributed by atoms with Gasteiger partial charge >= 0.3 is 5.69 Å². The Bertz CT molecular complexity index is 1160. The number of rotatable bonds is 8. The number of imidazole rings is 1. The van der Waals surface area contributed by atoms with E-state index in [2.05, 4.69) is 32.4 Å². The molecule has 10 heteroatoms. The van der Waals surface area contributed by atoms with Crippen LogP contribution < -0.4 is 15.9 Å². The summed E-state index contributed by atoms with van der Waals surface area (Å²) in [5.74, 6) is 0.892. The maximum absolute atomic E-state index is 12.5. The predicted molar refractivity (Wildman–Crippen MR) is 110 cm³/mol. The van der Waals surface area contributed by atoms with Crippen LogP contribution in [0.25, 0.3) is 21.8 Å². The van der Waals surface area contributed by atoms with E-state index in [4.69, 9.17) is 4.42 Å². The van der Waals surface area contributed by atoms with Gasteiger partial charge in [-0.1, -0.05) is 13.0 Å². The van der Waals surface area contributed by atoms with Gasteiger partial charge < -0.3 is 24.6 Å². The second-order valence-corrected chi connectivity index (χ2v) is 7.67. The van der Waals surface area contributed by atoms with E-state index in [1.807, 2.05) is 17.5 Å². The van der Waals surface area contributed by atoms with E-state index in [9.17, 15) is 9.59 Å². The lowest BCUT2D eigenvalue weighted by atomic mass is 10.2. The highest BCUT2D eigenvalue weighted by atomic mass is 32.1. The molecule has 0 aliphatic rings. The Morgan fingerprint density at radius 2 is 2.10 bits per heavy atom. The molecule has 0 bridgehead atoms. The van der Waals surface area contributed by atoms with Crippen LogP contribution in [-0.4, -0.2) is 39.2 Å². The highest BCUT2D eigenvalue weighted by molar-refractivity contribution is 7.13. The van der Waals surface area contributed by atoms with E-state index in [1.54, 1.807) is 29.5 Å². The summed E-state index contributed by atoms with van der Waals surface area (Å²) in [7, 11) is 0. The highest BCUT2D eigenvalue weighted by Gasteiger charge is 2.19. The number of hydrogen-bond acceptors (Lipinski definition) is 6. The van der Waals surface area contributed by atoms with Gasteiger partial charge in [-0.05, 0) is 36.1 Å². The van der Waals surface area contributed by atoms with Gasteiger partial charge in [0, 0.05) is 5.69 Å². The van der Waals surface area contributed by atoms with Crippen molar-refractivity contribution < 1.29 is 14.1 Å². The van der Waals surface area contributed by atoms with Crippen molar-refractivity contribution in [3.05, 3.63) is 52.1 Å². The zero-order valence-corrected chi connectivity index (χ0v) is 16.6. The number of amides is 1. The lowest BCUT2D eigenvalue weighted by Crippen LogP contribution is -3.11. The Kier molecular flexibility index (Phi) is 5.54. The van der Waals surface area contributed by atoms with E-state index >= 15 is 0 Å². The molecular formula is C19H21N6O3S+. The number of aromatic nitrogens is 4. The molecule has 1 unspecified atom stereocenters. The van der Waals surface area contributed by atoms with Gasteiger partial charge in [-0.3, -0.25) is 4.79 Å². The molecule has 3 heterocycles. The van der Waals surface area contributed by atoms with E-state index in [0.29, 0.717) is 35.0 Å². The third-order valence-electron chi connectivity index (χ3n) is 4.41. The third-order valence-corrected chi connectivity index (χ3v) is 5.27. The molecule has 0 spiro atoms. The van der Waals surface area contributed by atoms with Crippen molar-refractivity contribution in [2.75, 3.05) is 18.4 Å². The molecule has 0 aliphatic heterocycles. The summed E-state index contributed by atoms with van der Waals surface area (Å²) in [5, 5.41) is 13.1. The van der Waals surface area contributed by atoms with Crippen LogP contribution in [0.4, 0.5) is 5.69 Å². The number of fused-ring (bicyclic) bond motifs is 1. The molecule has 0 saturated heterocycles. The number of thiophene rings is 1. The smallest absolute Gasteiger partial charge is 0.323 e. The standard InChI is InChI=1S/C19H20N6O3S/c1-2-7-25(11-17-23-24-18(28-17)15-4-3-8-29-15)10-16(26)20-12-5-6-13-14(9-12)22-19(27)21-13/h3-6,8-9H,2,7,10-11H2,1H3,(H,20,26)(H2,21,22,27)/p+1. The molecule has 4 N–H and O–H groups in total. The minimum absolute atomic E-state index is 0.122. The Morgan fingerprint density at radius 3 is 2.90 bits per heavy atom. The van der Waals surface area contributed by atoms with Crippen LogP contribution >= 0.6 is 11.3 Å². The summed E-state index contributed by atoms with van der Waals surface area (Å²) in [4.78, 5) is 31.2. The van der Waals surface area contributed by atoms with E-state index in [-0.39, 0.29) is 18.1 Å². The molecule has 1 atom stereocenters. The van der Waals surface area contributed by atoms with Gasteiger partial charge in [0.15, 0.2) is 13.1 Å². The van der Waals surface area contributed by atoms with Gasteiger partial charge in [-0.15, -0.1) is 21.5 Å². The fourth-order valence-corrected chi connectivity index (χ4v) is 3.82. The number of hydrogen-bond donors (Lipinski definition) is 4. The number of aromatic amines is 2. The Balaban J connectivity index is 1.40. The van der Waals surface area contributed by atoms with Crippen LogP contribution in [0, 0.1) is 0 Å². The van der Waals surface area contributed by atoms with Gasteiger partial charge in [-0.2, -0.15) is 0 Å². The average molecular weight is 413 g/mol. The minimum Gasteiger partial charge on any atom is -0.414 e. The first-order valence-electron chi connectivity index (χ1n) is 9.32. The molecule has 4 aromatic rings. The first-order chi connectivity index (χ1) is 14.1. The molecular weight excluding hydrogens is 392 g/mol. The summed E-state index contributed by atoms with van der Waals surface area (Å²) in [5.41, 5.74) is 1.71. The zero-order chi connectivity index (χ0) is 20.2. The van der Waals surface area contributed by atoms with Gasteiger partial charge in [0.05, 0.1) is 22.5 Å². The summed E-state index contributed by atoms with van der Waals surface area (Å²) < 4.78 is 5.75. The first kappa shape index (κ1) is 19.1. The van der Waals surface area contributed by atoms with Gasteiger partial charge in [-0.25, -0.2) is 4.79 Å². The zero-order valence-electron chi connectivity index (χ0n) is 15.8. The number of nitrogens with zero attached hydrogens (tertiary/aromatic N) is 2. The van der Waals surface area contributed by atoms with Crippen molar-refractivity contribution in [3.8, 4) is 10.8 Å². The molecule has 9 nitrogen and oxygen atoms in total. The summed E-state index contributed by atoms with van der Waals surface area (Å²) >= 11 is 1.54. The second-order valence-electron chi connectivity index (χ2n) is 6.72. The molecule has 0 aliphatic carbocycles. The Morgan fingerprint density at radius 1 is 1.24 bits per heavy atom. The van der Waals surface area contributed by atoms with Crippen molar-refractivity contribution in [2.24, 2.45) is 0 Å². The first-order valence-corrected chi connectivity index (χ1v) is 10.2. The summed E-state index contributed by atoms with van der Waals surface area (Å²) in [6, 6.07) is 9.11. The van der Waals surface area contributed by atoms with Crippen LogP contribution in [0.2, 0.25) is 0 Å². The highest BCUT2D eigenvalue weighted by Crippen LogP contribution is 2.22. The van der Waals surface area contributed by atoms with Gasteiger partial charge in [0.2, 0.25) is 0 Å². The summed E-state index contributed by atoms with van der Waals surface area (Å²) in [6.45, 7) is 3.61. The molecule has 0 radical (unpaired) electrons. The van der Waals surface area contributed by atoms with Crippen LogP contribution in [0.5, 0.6) is 0 Å². The maximum Gasteiger partial charge on any atom is 0.323 e. The van der Waals surface area contributed by atoms with Crippen LogP contribution in [0.3, 0.4) is 0 Å². The quantitative estimate of drug-likeness (QED) is 0.348. The molecule has 0 saturated carbocycles. The number of quaternary nitrogens is 1. The van der Waals surface area contributed by atoms with Crippen LogP contribution in [0.1, 0.15) is 19.2 Å². The monoisotopic (exact) mass is 413 g/mol. The SMILES string of the molecule is CCC[NH+](CC(=O)Nc1ccc2[nH]c(=O)[nH]c2c1)Cc1nnc(-c2cccs2)o1. The van der Waals surface area contributed by atoms with Crippen molar-refractivity contribution in [1.82, 2.24) is 20.2 Å². The lowest BCUT2D eigenvalue weighted by molar-refractivity contribution is -0.907. The Labute approximate surface area is 169 Å². The topological polar surface area (TPSA) is 121 Å². The van der Waals surface area contributed by atoms with Crippen molar-refractivity contribution >= 4 is 34.0 Å². The van der Waals surface area contributed by atoms with Gasteiger partial charge in [0.25, 0.3) is 17.7 Å². The van der Waals surface area contributed by atoms with Crippen molar-refractivity contribution in [1.29, 1.82) is 0 Å².